The quantitative estimate of drug-likeness (QED) is 0.590. The molecule has 2 aromatic rings. The van der Waals surface area contributed by atoms with Crippen molar-refractivity contribution in [3.05, 3.63) is 41.8 Å². The van der Waals surface area contributed by atoms with Crippen molar-refractivity contribution in [3.63, 3.8) is 0 Å². The van der Waals surface area contributed by atoms with Crippen LogP contribution in [0, 0.1) is 5.82 Å². The standard InChI is InChI=1S/C21H25F4N3O2/c22-18-8-6-16(7-9-18)19-17(15-26-30-19)5-4-12-28(20(29)21(23,24)25)14-13-27-10-2-1-3-11-27/h6-9,15H,1-5,10-14H2. The first kappa shape index (κ1) is 22.3. The summed E-state index contributed by atoms with van der Waals surface area (Å²) in [5, 5.41) is 3.75. The Morgan fingerprint density at radius 2 is 1.80 bits per heavy atom. The van der Waals surface area contributed by atoms with Crippen molar-refractivity contribution in [1.82, 2.24) is 15.0 Å². The van der Waals surface area contributed by atoms with E-state index in [1.807, 2.05) is 0 Å². The van der Waals surface area contributed by atoms with Crippen LogP contribution in [-0.4, -0.2) is 59.8 Å². The van der Waals surface area contributed by atoms with E-state index >= 15 is 0 Å². The number of nitrogens with zero attached hydrogens (tertiary/aromatic N) is 3. The second-order valence-electron chi connectivity index (χ2n) is 7.48. The van der Waals surface area contributed by atoms with Crippen LogP contribution in [0.15, 0.2) is 35.0 Å². The molecule has 3 rings (SSSR count). The molecule has 30 heavy (non-hydrogen) atoms. The number of amides is 1. The number of hydrogen-bond acceptors (Lipinski definition) is 4. The molecule has 0 radical (unpaired) electrons. The normalized spacial score (nSPS) is 15.3. The monoisotopic (exact) mass is 427 g/mol. The molecule has 1 amide bonds. The fraction of sp³-hybridized carbons (Fsp3) is 0.524. The third-order valence-electron chi connectivity index (χ3n) is 5.29. The Hall–Kier alpha value is -2.42. The molecule has 1 aromatic heterocycles. The summed E-state index contributed by atoms with van der Waals surface area (Å²) in [7, 11) is 0. The average Bonchev–Trinajstić information content (AvgIpc) is 3.19. The lowest BCUT2D eigenvalue weighted by molar-refractivity contribution is -0.185. The number of carbonyl (C=O) groups is 1. The number of piperidine rings is 1. The van der Waals surface area contributed by atoms with Crippen molar-refractivity contribution in [2.75, 3.05) is 32.7 Å². The maximum Gasteiger partial charge on any atom is 0.471 e. The van der Waals surface area contributed by atoms with Crippen LogP contribution >= 0.6 is 0 Å². The zero-order valence-corrected chi connectivity index (χ0v) is 16.6. The molecule has 1 fully saturated rings. The number of alkyl halides is 3. The lowest BCUT2D eigenvalue weighted by Gasteiger charge is -2.30. The van der Waals surface area contributed by atoms with Crippen LogP contribution in [0.5, 0.6) is 0 Å². The van der Waals surface area contributed by atoms with E-state index in [1.54, 1.807) is 12.1 Å². The van der Waals surface area contributed by atoms with Gasteiger partial charge in [-0.2, -0.15) is 13.2 Å². The maximum atomic E-state index is 13.1. The molecule has 0 N–H and O–H groups in total. The predicted molar refractivity (Wildman–Crippen MR) is 103 cm³/mol. The molecule has 0 spiro atoms. The Balaban J connectivity index is 1.59. The van der Waals surface area contributed by atoms with E-state index in [2.05, 4.69) is 10.1 Å². The Bertz CT molecular complexity index is 814. The van der Waals surface area contributed by atoms with Crippen molar-refractivity contribution < 1.29 is 26.9 Å². The highest BCUT2D eigenvalue weighted by molar-refractivity contribution is 5.81. The highest BCUT2D eigenvalue weighted by atomic mass is 19.4. The molecule has 1 aliphatic heterocycles. The molecule has 1 aliphatic rings. The molecule has 2 heterocycles. The Morgan fingerprint density at radius 1 is 1.10 bits per heavy atom. The maximum absolute atomic E-state index is 13.1. The van der Waals surface area contributed by atoms with Crippen LogP contribution in [0.3, 0.4) is 0 Å². The number of likely N-dealkylation sites (tertiary alicyclic amines) is 1. The Labute approximate surface area is 172 Å². The third-order valence-corrected chi connectivity index (χ3v) is 5.29. The molecular weight excluding hydrogens is 402 g/mol. The van der Waals surface area contributed by atoms with E-state index in [1.165, 1.54) is 18.3 Å². The Morgan fingerprint density at radius 3 is 2.47 bits per heavy atom. The summed E-state index contributed by atoms with van der Waals surface area (Å²) in [5.41, 5.74) is 1.34. The summed E-state index contributed by atoms with van der Waals surface area (Å²) in [4.78, 5) is 14.9. The van der Waals surface area contributed by atoms with Gasteiger partial charge in [-0.3, -0.25) is 4.79 Å². The van der Waals surface area contributed by atoms with Crippen molar-refractivity contribution in [1.29, 1.82) is 0 Å². The van der Waals surface area contributed by atoms with E-state index in [0.717, 1.165) is 37.3 Å². The molecule has 0 bridgehead atoms. The van der Waals surface area contributed by atoms with Gasteiger partial charge in [0.05, 0.1) is 6.20 Å². The zero-order valence-electron chi connectivity index (χ0n) is 16.6. The van der Waals surface area contributed by atoms with E-state index in [-0.39, 0.29) is 18.9 Å². The number of benzene rings is 1. The largest absolute Gasteiger partial charge is 0.471 e. The van der Waals surface area contributed by atoms with Gasteiger partial charge in [0.25, 0.3) is 0 Å². The van der Waals surface area contributed by atoms with Gasteiger partial charge >= 0.3 is 12.1 Å². The molecule has 1 aromatic carbocycles. The number of rotatable bonds is 8. The van der Waals surface area contributed by atoms with E-state index in [9.17, 15) is 22.4 Å². The molecule has 5 nitrogen and oxygen atoms in total. The summed E-state index contributed by atoms with van der Waals surface area (Å²) >= 11 is 0. The molecule has 0 aliphatic carbocycles. The highest BCUT2D eigenvalue weighted by Crippen LogP contribution is 2.25. The fourth-order valence-corrected chi connectivity index (χ4v) is 3.68. The topological polar surface area (TPSA) is 49.6 Å². The lowest BCUT2D eigenvalue weighted by atomic mass is 10.1. The van der Waals surface area contributed by atoms with Crippen LogP contribution < -0.4 is 0 Å². The molecule has 1 saturated heterocycles. The van der Waals surface area contributed by atoms with Gasteiger partial charge in [0.2, 0.25) is 0 Å². The van der Waals surface area contributed by atoms with Gasteiger partial charge in [-0.1, -0.05) is 11.6 Å². The van der Waals surface area contributed by atoms with Crippen molar-refractivity contribution in [3.8, 4) is 11.3 Å². The van der Waals surface area contributed by atoms with Crippen molar-refractivity contribution in [2.45, 2.75) is 38.3 Å². The second-order valence-corrected chi connectivity index (χ2v) is 7.48. The summed E-state index contributed by atoms with van der Waals surface area (Å²) < 4.78 is 57.4. The van der Waals surface area contributed by atoms with E-state index < -0.39 is 12.1 Å². The smallest absolute Gasteiger partial charge is 0.356 e. The minimum Gasteiger partial charge on any atom is -0.356 e. The molecular formula is C21H25F4N3O2. The van der Waals surface area contributed by atoms with Gasteiger partial charge in [0.1, 0.15) is 5.82 Å². The first-order valence-electron chi connectivity index (χ1n) is 10.1. The van der Waals surface area contributed by atoms with Gasteiger partial charge in [0, 0.05) is 30.8 Å². The van der Waals surface area contributed by atoms with Gasteiger partial charge in [-0.15, -0.1) is 0 Å². The number of aromatic nitrogens is 1. The first-order chi connectivity index (χ1) is 14.3. The SMILES string of the molecule is O=C(N(CCCc1cnoc1-c1ccc(F)cc1)CCN1CCCCC1)C(F)(F)F. The van der Waals surface area contributed by atoms with Gasteiger partial charge < -0.3 is 14.3 Å². The molecule has 0 unspecified atom stereocenters. The number of hydrogen-bond donors (Lipinski definition) is 0. The van der Waals surface area contributed by atoms with Gasteiger partial charge in [0.15, 0.2) is 5.76 Å². The third kappa shape index (κ3) is 6.04. The van der Waals surface area contributed by atoms with Crippen LogP contribution in [0.25, 0.3) is 11.3 Å². The number of carbonyl (C=O) groups excluding carboxylic acids is 1. The van der Waals surface area contributed by atoms with Crippen LogP contribution in [-0.2, 0) is 11.2 Å². The van der Waals surface area contributed by atoms with Gasteiger partial charge in [-0.25, -0.2) is 4.39 Å². The summed E-state index contributed by atoms with van der Waals surface area (Å²) in [6.45, 7) is 2.19. The minimum atomic E-state index is -4.89. The second kappa shape index (κ2) is 10.1. The summed E-state index contributed by atoms with van der Waals surface area (Å²) in [5.74, 6) is -1.73. The van der Waals surface area contributed by atoms with Crippen LogP contribution in [0.1, 0.15) is 31.2 Å². The molecule has 164 valence electrons. The van der Waals surface area contributed by atoms with Crippen LogP contribution in [0.2, 0.25) is 0 Å². The number of halogens is 4. The molecule has 9 heteroatoms. The Kier molecular flexibility index (Phi) is 7.47. The summed E-state index contributed by atoms with van der Waals surface area (Å²) in [6, 6.07) is 5.70. The zero-order chi connectivity index (χ0) is 21.6. The highest BCUT2D eigenvalue weighted by Gasteiger charge is 2.42. The summed E-state index contributed by atoms with van der Waals surface area (Å²) in [6.07, 6.45) is 0.538. The average molecular weight is 427 g/mol. The van der Waals surface area contributed by atoms with Gasteiger partial charge in [-0.05, 0) is 63.0 Å². The molecule has 0 atom stereocenters. The first-order valence-corrected chi connectivity index (χ1v) is 10.1. The van der Waals surface area contributed by atoms with E-state index in [4.69, 9.17) is 4.52 Å². The number of aryl methyl sites for hydroxylation is 1. The van der Waals surface area contributed by atoms with E-state index in [0.29, 0.717) is 36.3 Å². The minimum absolute atomic E-state index is 0.0137. The van der Waals surface area contributed by atoms with Crippen molar-refractivity contribution in [2.24, 2.45) is 0 Å². The molecule has 0 saturated carbocycles. The fourth-order valence-electron chi connectivity index (χ4n) is 3.68. The van der Waals surface area contributed by atoms with Crippen LogP contribution in [0.4, 0.5) is 17.6 Å². The van der Waals surface area contributed by atoms with Crippen molar-refractivity contribution >= 4 is 5.91 Å². The lowest BCUT2D eigenvalue weighted by Crippen LogP contribution is -2.46. The predicted octanol–water partition coefficient (Wildman–Crippen LogP) is 4.29.